The Morgan fingerprint density at radius 3 is 2.86 bits per heavy atom. The molecule has 3 rings (SSSR count). The molecule has 3 N–H and O–H groups in total. The van der Waals surface area contributed by atoms with Gasteiger partial charge in [-0.2, -0.15) is 0 Å². The first-order valence-electron chi connectivity index (χ1n) is 5.95. The van der Waals surface area contributed by atoms with Crippen molar-refractivity contribution in [2.24, 2.45) is 0 Å². The maximum atomic E-state index is 12.2. The molecular formula is C14H9BrClN3O2. The molecule has 7 heteroatoms. The predicted octanol–water partition coefficient (Wildman–Crippen LogP) is 4.08. The number of aromatic nitrogens is 1. The average Bonchev–Trinajstić information content (AvgIpc) is 2.78. The quantitative estimate of drug-likeness (QED) is 0.716. The fourth-order valence-corrected chi connectivity index (χ4v) is 2.33. The highest BCUT2D eigenvalue weighted by Gasteiger charge is 2.19. The van der Waals surface area contributed by atoms with Gasteiger partial charge in [-0.25, -0.2) is 4.98 Å². The first-order chi connectivity index (χ1) is 10.0. The van der Waals surface area contributed by atoms with Crippen LogP contribution in [0, 0.1) is 0 Å². The number of amides is 1. The number of carbonyl (C=O) groups is 1. The molecule has 3 aromatic rings. The van der Waals surface area contributed by atoms with E-state index in [0.29, 0.717) is 27.5 Å². The number of rotatable bonds is 2. The molecule has 21 heavy (non-hydrogen) atoms. The van der Waals surface area contributed by atoms with Crippen LogP contribution in [0.25, 0.3) is 11.0 Å². The number of furan rings is 1. The average molecular weight is 367 g/mol. The molecule has 0 saturated carbocycles. The highest BCUT2D eigenvalue weighted by molar-refractivity contribution is 9.10. The summed E-state index contributed by atoms with van der Waals surface area (Å²) in [7, 11) is 0. The van der Waals surface area contributed by atoms with Crippen molar-refractivity contribution in [1.29, 1.82) is 0 Å². The molecule has 0 radical (unpaired) electrons. The van der Waals surface area contributed by atoms with Crippen molar-refractivity contribution in [3.8, 4) is 0 Å². The summed E-state index contributed by atoms with van der Waals surface area (Å²) < 4.78 is 6.36. The van der Waals surface area contributed by atoms with E-state index in [9.17, 15) is 4.79 Å². The van der Waals surface area contributed by atoms with Gasteiger partial charge in [-0.05, 0) is 30.3 Å². The van der Waals surface area contributed by atoms with Gasteiger partial charge in [0.1, 0.15) is 11.4 Å². The number of nitrogens with two attached hydrogens (primary N) is 1. The van der Waals surface area contributed by atoms with E-state index in [4.69, 9.17) is 21.8 Å². The summed E-state index contributed by atoms with van der Waals surface area (Å²) >= 11 is 9.08. The van der Waals surface area contributed by atoms with Gasteiger partial charge in [0.15, 0.2) is 0 Å². The van der Waals surface area contributed by atoms with Gasteiger partial charge in [-0.15, -0.1) is 0 Å². The van der Waals surface area contributed by atoms with Crippen LogP contribution >= 0.6 is 27.5 Å². The molecule has 0 aliphatic carbocycles. The molecule has 5 nitrogen and oxygen atoms in total. The van der Waals surface area contributed by atoms with Crippen LogP contribution in [0.5, 0.6) is 0 Å². The molecule has 1 amide bonds. The molecule has 2 aromatic heterocycles. The van der Waals surface area contributed by atoms with Crippen LogP contribution in [-0.2, 0) is 0 Å². The number of fused-ring (bicyclic) bond motifs is 1. The van der Waals surface area contributed by atoms with Gasteiger partial charge < -0.3 is 15.5 Å². The minimum atomic E-state index is -0.463. The fraction of sp³-hybridized carbons (Fsp3) is 0. The summed E-state index contributed by atoms with van der Waals surface area (Å²) in [6, 6.07) is 8.59. The normalized spacial score (nSPS) is 10.8. The lowest BCUT2D eigenvalue weighted by atomic mass is 10.2. The van der Waals surface area contributed by atoms with E-state index in [1.54, 1.807) is 24.3 Å². The topological polar surface area (TPSA) is 81.2 Å². The second-order valence-corrected chi connectivity index (χ2v) is 5.65. The van der Waals surface area contributed by atoms with Crippen LogP contribution in [0.3, 0.4) is 0 Å². The van der Waals surface area contributed by atoms with Gasteiger partial charge in [0.05, 0.1) is 10.7 Å². The van der Waals surface area contributed by atoms with E-state index < -0.39 is 5.91 Å². The Morgan fingerprint density at radius 2 is 2.14 bits per heavy atom. The van der Waals surface area contributed by atoms with Gasteiger partial charge in [-0.3, -0.25) is 4.79 Å². The van der Waals surface area contributed by atoms with Crippen molar-refractivity contribution in [3.63, 3.8) is 0 Å². The zero-order chi connectivity index (χ0) is 15.0. The lowest BCUT2D eigenvalue weighted by Crippen LogP contribution is -2.13. The lowest BCUT2D eigenvalue weighted by Gasteiger charge is -2.02. The van der Waals surface area contributed by atoms with Crippen molar-refractivity contribution in [2.75, 3.05) is 11.1 Å². The predicted molar refractivity (Wildman–Crippen MR) is 85.5 cm³/mol. The second-order valence-electron chi connectivity index (χ2n) is 4.30. The Labute approximate surface area is 133 Å². The van der Waals surface area contributed by atoms with Gasteiger partial charge in [0.2, 0.25) is 5.76 Å². The molecule has 0 spiro atoms. The van der Waals surface area contributed by atoms with Crippen LogP contribution in [0.4, 0.5) is 11.5 Å². The summed E-state index contributed by atoms with van der Waals surface area (Å²) in [6.07, 6.45) is 1.44. The maximum absolute atomic E-state index is 12.2. The molecule has 2 heterocycles. The number of nitrogens with one attached hydrogen (secondary N) is 1. The van der Waals surface area contributed by atoms with Crippen molar-refractivity contribution >= 4 is 55.9 Å². The highest BCUT2D eigenvalue weighted by Crippen LogP contribution is 2.30. The number of benzene rings is 1. The Kier molecular flexibility index (Phi) is 3.57. The van der Waals surface area contributed by atoms with Crippen LogP contribution in [0.1, 0.15) is 10.6 Å². The number of hydrogen-bond donors (Lipinski definition) is 2. The SMILES string of the molecule is Nc1c(C(=O)Nc2ccc(Cl)cn2)oc2cc(Br)ccc12. The third-order valence-corrected chi connectivity index (χ3v) is 3.58. The number of halogens is 2. The van der Waals surface area contributed by atoms with Crippen molar-refractivity contribution in [1.82, 2.24) is 4.98 Å². The van der Waals surface area contributed by atoms with E-state index in [1.807, 2.05) is 6.07 Å². The zero-order valence-corrected chi connectivity index (χ0v) is 12.9. The molecule has 0 aliphatic heterocycles. The number of pyridine rings is 1. The zero-order valence-electron chi connectivity index (χ0n) is 10.6. The third kappa shape index (κ3) is 2.72. The number of hydrogen-bond acceptors (Lipinski definition) is 4. The molecule has 1 aromatic carbocycles. The largest absolute Gasteiger partial charge is 0.449 e. The minimum absolute atomic E-state index is 0.0554. The Hall–Kier alpha value is -2.05. The molecule has 106 valence electrons. The lowest BCUT2D eigenvalue weighted by molar-refractivity contribution is 0.0999. The third-order valence-electron chi connectivity index (χ3n) is 2.87. The van der Waals surface area contributed by atoms with Crippen LogP contribution in [-0.4, -0.2) is 10.9 Å². The van der Waals surface area contributed by atoms with E-state index in [-0.39, 0.29) is 5.76 Å². The van der Waals surface area contributed by atoms with E-state index >= 15 is 0 Å². The van der Waals surface area contributed by atoms with Gasteiger partial charge in [0, 0.05) is 16.1 Å². The Balaban J connectivity index is 1.94. The number of carbonyl (C=O) groups excluding carboxylic acids is 1. The molecule has 0 saturated heterocycles. The molecule has 0 fully saturated rings. The number of nitrogen functional groups attached to an aromatic ring is 1. The summed E-state index contributed by atoms with van der Waals surface area (Å²) in [4.78, 5) is 16.2. The van der Waals surface area contributed by atoms with Gasteiger partial charge in [0.25, 0.3) is 5.91 Å². The van der Waals surface area contributed by atoms with Crippen LogP contribution in [0.15, 0.2) is 45.4 Å². The first-order valence-corrected chi connectivity index (χ1v) is 7.12. The smallest absolute Gasteiger partial charge is 0.294 e. The highest BCUT2D eigenvalue weighted by atomic mass is 79.9. The van der Waals surface area contributed by atoms with Crippen LogP contribution in [0.2, 0.25) is 5.02 Å². The minimum Gasteiger partial charge on any atom is -0.449 e. The number of nitrogens with zero attached hydrogens (tertiary/aromatic N) is 1. The Bertz CT molecular complexity index is 830. The molecule has 0 aliphatic rings. The number of anilines is 2. The molecule has 0 bridgehead atoms. The monoisotopic (exact) mass is 365 g/mol. The van der Waals surface area contributed by atoms with Crippen LogP contribution < -0.4 is 11.1 Å². The van der Waals surface area contributed by atoms with Crippen molar-refractivity contribution in [3.05, 3.63) is 51.8 Å². The molecule has 0 atom stereocenters. The summed E-state index contributed by atoms with van der Waals surface area (Å²) in [5.74, 6) is -0.0417. The summed E-state index contributed by atoms with van der Waals surface area (Å²) in [5.41, 5.74) is 6.79. The second kappa shape index (κ2) is 5.38. The standard InChI is InChI=1S/C14H9BrClN3O2/c15-7-1-3-9-10(5-7)21-13(12(9)17)14(20)19-11-4-2-8(16)6-18-11/h1-6H,17H2,(H,18,19,20). The fourth-order valence-electron chi connectivity index (χ4n) is 1.88. The molecule has 0 unspecified atom stereocenters. The van der Waals surface area contributed by atoms with Gasteiger partial charge in [-0.1, -0.05) is 27.5 Å². The first kappa shape index (κ1) is 13.9. The van der Waals surface area contributed by atoms with E-state index in [1.165, 1.54) is 6.20 Å². The van der Waals surface area contributed by atoms with E-state index in [0.717, 1.165) is 4.47 Å². The van der Waals surface area contributed by atoms with Crippen molar-refractivity contribution < 1.29 is 9.21 Å². The maximum Gasteiger partial charge on any atom is 0.294 e. The van der Waals surface area contributed by atoms with Gasteiger partial charge >= 0.3 is 0 Å². The summed E-state index contributed by atoms with van der Waals surface area (Å²) in [6.45, 7) is 0. The van der Waals surface area contributed by atoms with Crippen molar-refractivity contribution in [2.45, 2.75) is 0 Å². The van der Waals surface area contributed by atoms with E-state index in [2.05, 4.69) is 26.2 Å². The summed E-state index contributed by atoms with van der Waals surface area (Å²) in [5, 5.41) is 3.78. The molecular weight excluding hydrogens is 358 g/mol. The Morgan fingerprint density at radius 1 is 1.33 bits per heavy atom.